The van der Waals surface area contributed by atoms with E-state index in [2.05, 4.69) is 53.4 Å². The maximum absolute atomic E-state index is 12.6. The van der Waals surface area contributed by atoms with Crippen LogP contribution in [-0.4, -0.2) is 80.2 Å². The van der Waals surface area contributed by atoms with E-state index in [4.69, 9.17) is 17.7 Å². The summed E-state index contributed by atoms with van der Waals surface area (Å²) in [4.78, 5) is 14.9. The molecule has 0 bridgehead atoms. The second-order valence-corrected chi connectivity index (χ2v) is 22.1. The molecule has 0 aromatic heterocycles. The standard InChI is InChI=1S/C34H73NO6Si2/c1-11-12-13-14-15-16-17-18-19-20-21-22-23-24-26-35(27-25-28-42(38-8,39-9)40-10)29-33(34(36)37)41-43(30(2)3,31(4)5)32(6)7/h30-33H,11-29H2,1-10H3,(H,36,37). The molecule has 0 aliphatic carbocycles. The van der Waals surface area contributed by atoms with Crippen LogP contribution in [0.15, 0.2) is 0 Å². The lowest BCUT2D eigenvalue weighted by molar-refractivity contribution is -0.146. The summed E-state index contributed by atoms with van der Waals surface area (Å²) in [6.07, 6.45) is 18.6. The van der Waals surface area contributed by atoms with Crippen molar-refractivity contribution in [2.45, 2.75) is 174 Å². The van der Waals surface area contributed by atoms with Crippen LogP contribution >= 0.6 is 0 Å². The summed E-state index contributed by atoms with van der Waals surface area (Å²) in [5.41, 5.74) is 1.01. The minimum atomic E-state index is -2.67. The van der Waals surface area contributed by atoms with Crippen molar-refractivity contribution in [1.82, 2.24) is 4.90 Å². The van der Waals surface area contributed by atoms with E-state index in [-0.39, 0.29) is 0 Å². The van der Waals surface area contributed by atoms with E-state index in [1.807, 2.05) is 0 Å². The minimum absolute atomic E-state index is 0.338. The van der Waals surface area contributed by atoms with Gasteiger partial charge < -0.3 is 27.7 Å². The number of carbonyl (C=O) groups is 1. The molecular weight excluding hydrogens is 575 g/mol. The zero-order valence-electron chi connectivity index (χ0n) is 30.2. The van der Waals surface area contributed by atoms with Gasteiger partial charge in [0.25, 0.3) is 0 Å². The summed E-state index contributed by atoms with van der Waals surface area (Å²) in [7, 11) is -0.0626. The number of carboxylic acid groups (broad SMARTS) is 1. The molecule has 0 spiro atoms. The predicted molar refractivity (Wildman–Crippen MR) is 187 cm³/mol. The number of nitrogens with zero attached hydrogens (tertiary/aromatic N) is 1. The normalized spacial score (nSPS) is 13.6. The topological polar surface area (TPSA) is 77.5 Å². The van der Waals surface area contributed by atoms with E-state index < -0.39 is 29.2 Å². The first-order valence-corrected chi connectivity index (χ1v) is 21.8. The molecule has 0 aromatic rings. The van der Waals surface area contributed by atoms with Crippen LogP contribution in [0.3, 0.4) is 0 Å². The van der Waals surface area contributed by atoms with Crippen molar-refractivity contribution in [3.63, 3.8) is 0 Å². The van der Waals surface area contributed by atoms with Gasteiger partial charge in [-0.15, -0.1) is 0 Å². The summed E-state index contributed by atoms with van der Waals surface area (Å²) in [5, 5.41) is 10.3. The first kappa shape index (κ1) is 42.7. The third kappa shape index (κ3) is 16.7. The molecule has 7 nitrogen and oxygen atoms in total. The number of hydrogen-bond acceptors (Lipinski definition) is 6. The van der Waals surface area contributed by atoms with Gasteiger partial charge in [0, 0.05) is 33.9 Å². The third-order valence-electron chi connectivity index (χ3n) is 9.47. The van der Waals surface area contributed by atoms with E-state index in [1.54, 1.807) is 21.3 Å². The maximum Gasteiger partial charge on any atom is 0.500 e. The van der Waals surface area contributed by atoms with Crippen LogP contribution in [0.1, 0.15) is 145 Å². The van der Waals surface area contributed by atoms with Crippen molar-refractivity contribution < 1.29 is 27.6 Å². The second kappa shape index (κ2) is 24.9. The van der Waals surface area contributed by atoms with Crippen molar-refractivity contribution in [2.24, 2.45) is 0 Å². The Morgan fingerprint density at radius 1 is 0.628 bits per heavy atom. The Morgan fingerprint density at radius 3 is 1.35 bits per heavy atom. The highest BCUT2D eigenvalue weighted by molar-refractivity contribution is 6.77. The molecule has 0 rings (SSSR count). The molecule has 0 aliphatic heterocycles. The van der Waals surface area contributed by atoms with Crippen LogP contribution in [0.4, 0.5) is 0 Å². The first-order valence-electron chi connectivity index (χ1n) is 17.7. The van der Waals surface area contributed by atoms with Crippen molar-refractivity contribution in [3.8, 4) is 0 Å². The number of aliphatic carboxylic acids is 1. The van der Waals surface area contributed by atoms with Gasteiger partial charge in [-0.3, -0.25) is 0 Å². The monoisotopic (exact) mass is 647 g/mol. The molecule has 43 heavy (non-hydrogen) atoms. The number of hydrogen-bond donors (Lipinski definition) is 1. The minimum Gasteiger partial charge on any atom is -0.479 e. The molecular formula is C34H73NO6Si2. The summed E-state index contributed by atoms with van der Waals surface area (Å²) >= 11 is 0. The molecule has 0 saturated carbocycles. The van der Waals surface area contributed by atoms with E-state index in [0.29, 0.717) is 29.2 Å². The van der Waals surface area contributed by atoms with Gasteiger partial charge in [-0.05, 0) is 42.6 Å². The number of rotatable bonds is 30. The molecule has 9 heteroatoms. The molecule has 0 amide bonds. The lowest BCUT2D eigenvalue weighted by Gasteiger charge is -2.44. The van der Waals surface area contributed by atoms with Crippen molar-refractivity contribution >= 4 is 23.1 Å². The summed E-state index contributed by atoms with van der Waals surface area (Å²) in [6.45, 7) is 17.6. The average Bonchev–Trinajstić information content (AvgIpc) is 2.96. The van der Waals surface area contributed by atoms with Gasteiger partial charge in [0.2, 0.25) is 8.32 Å². The van der Waals surface area contributed by atoms with Crippen molar-refractivity contribution in [3.05, 3.63) is 0 Å². The van der Waals surface area contributed by atoms with Gasteiger partial charge in [0.15, 0.2) is 6.10 Å². The predicted octanol–water partition coefficient (Wildman–Crippen LogP) is 9.68. The Bertz CT molecular complexity index is 645. The Balaban J connectivity index is 5.02. The second-order valence-electron chi connectivity index (χ2n) is 13.6. The molecule has 0 radical (unpaired) electrons. The fraction of sp³-hybridized carbons (Fsp3) is 0.971. The van der Waals surface area contributed by atoms with Crippen LogP contribution in [0.5, 0.6) is 0 Å². The zero-order chi connectivity index (χ0) is 32.7. The van der Waals surface area contributed by atoms with Crippen LogP contribution in [0.2, 0.25) is 22.7 Å². The molecule has 1 N–H and O–H groups in total. The zero-order valence-corrected chi connectivity index (χ0v) is 32.2. The third-order valence-corrected chi connectivity index (χ3v) is 18.4. The Morgan fingerprint density at radius 2 is 1.00 bits per heavy atom. The SMILES string of the molecule is CCCCCCCCCCCCCCCCN(CCC[Si](OC)(OC)OC)CC(O[Si](C(C)C)(C(C)C)C(C)C)C(=O)O. The Hall–Kier alpha value is -0.296. The molecule has 0 aliphatic rings. The fourth-order valence-corrected chi connectivity index (χ4v) is 14.1. The van der Waals surface area contributed by atoms with E-state index in [0.717, 1.165) is 25.9 Å². The molecule has 0 aromatic carbocycles. The smallest absolute Gasteiger partial charge is 0.479 e. The Labute approximate surface area is 269 Å². The molecule has 0 fully saturated rings. The van der Waals surface area contributed by atoms with Gasteiger partial charge >= 0.3 is 14.8 Å². The lowest BCUT2D eigenvalue weighted by atomic mass is 10.0. The maximum atomic E-state index is 12.6. The highest BCUT2D eigenvalue weighted by Gasteiger charge is 2.48. The Kier molecular flexibility index (Phi) is 24.7. The fourth-order valence-electron chi connectivity index (χ4n) is 6.95. The number of unbranched alkanes of at least 4 members (excludes halogenated alkanes) is 13. The van der Waals surface area contributed by atoms with E-state index in [1.165, 1.54) is 83.5 Å². The molecule has 1 unspecified atom stereocenters. The van der Waals surface area contributed by atoms with Gasteiger partial charge in [-0.2, -0.15) is 0 Å². The van der Waals surface area contributed by atoms with Crippen LogP contribution in [0.25, 0.3) is 0 Å². The van der Waals surface area contributed by atoms with Gasteiger partial charge in [0.1, 0.15) is 0 Å². The summed E-state index contributed by atoms with van der Waals surface area (Å²) in [5.74, 6) is -0.848. The summed E-state index contributed by atoms with van der Waals surface area (Å²) < 4.78 is 23.7. The van der Waals surface area contributed by atoms with E-state index >= 15 is 0 Å². The van der Waals surface area contributed by atoms with Gasteiger partial charge in [-0.1, -0.05) is 132 Å². The van der Waals surface area contributed by atoms with Crippen LogP contribution < -0.4 is 0 Å². The largest absolute Gasteiger partial charge is 0.500 e. The van der Waals surface area contributed by atoms with Gasteiger partial charge in [-0.25, -0.2) is 4.79 Å². The highest BCUT2D eigenvalue weighted by atomic mass is 28.4. The quantitative estimate of drug-likeness (QED) is 0.0614. The van der Waals surface area contributed by atoms with E-state index in [9.17, 15) is 9.90 Å². The first-order chi connectivity index (χ1) is 20.5. The molecule has 0 saturated heterocycles. The highest BCUT2D eigenvalue weighted by Crippen LogP contribution is 2.43. The average molecular weight is 648 g/mol. The molecule has 258 valence electrons. The van der Waals surface area contributed by atoms with Crippen molar-refractivity contribution in [2.75, 3.05) is 41.0 Å². The van der Waals surface area contributed by atoms with Crippen LogP contribution in [0, 0.1) is 0 Å². The summed E-state index contributed by atoms with van der Waals surface area (Å²) in [6, 6.07) is 0.701. The van der Waals surface area contributed by atoms with Gasteiger partial charge in [0.05, 0.1) is 0 Å². The van der Waals surface area contributed by atoms with Crippen LogP contribution in [-0.2, 0) is 22.5 Å². The number of carboxylic acids is 1. The molecule has 1 atom stereocenters. The molecule has 0 heterocycles. The van der Waals surface area contributed by atoms with Crippen molar-refractivity contribution in [1.29, 1.82) is 0 Å². The lowest BCUT2D eigenvalue weighted by Crippen LogP contribution is -2.54.